The molecule has 1 N–H and O–H groups in total. The number of nitrogens with zero attached hydrogens (tertiary/aromatic N) is 3. The van der Waals surface area contributed by atoms with E-state index in [2.05, 4.69) is 27.2 Å². The molecule has 1 amide bonds. The number of pyridine rings is 1. The third-order valence-electron chi connectivity index (χ3n) is 4.06. The summed E-state index contributed by atoms with van der Waals surface area (Å²) >= 11 is 1.57. The third kappa shape index (κ3) is 3.34. The fourth-order valence-corrected chi connectivity index (χ4v) is 3.41. The van der Waals surface area contributed by atoms with Crippen molar-refractivity contribution in [3.05, 3.63) is 35.1 Å². The van der Waals surface area contributed by atoms with Crippen molar-refractivity contribution in [2.75, 3.05) is 20.1 Å². The first kappa shape index (κ1) is 15.1. The number of rotatable bonds is 3. The SMILES string of the molecule is Cc1ncsc1-c1ccc(C(=O)NC2CCN(C)CC2)cn1. The second kappa shape index (κ2) is 6.54. The van der Waals surface area contributed by atoms with Crippen LogP contribution >= 0.6 is 11.3 Å². The first-order valence-electron chi connectivity index (χ1n) is 7.49. The number of carbonyl (C=O) groups excluding carboxylic acids is 1. The number of nitrogens with one attached hydrogen (secondary N) is 1. The lowest BCUT2D eigenvalue weighted by molar-refractivity contribution is 0.0916. The predicted molar refractivity (Wildman–Crippen MR) is 88.1 cm³/mol. The smallest absolute Gasteiger partial charge is 0.253 e. The van der Waals surface area contributed by atoms with E-state index in [1.165, 1.54) is 0 Å². The van der Waals surface area contributed by atoms with Gasteiger partial charge in [-0.1, -0.05) is 0 Å². The van der Waals surface area contributed by atoms with Crippen LogP contribution < -0.4 is 5.32 Å². The normalized spacial score (nSPS) is 16.6. The highest BCUT2D eigenvalue weighted by molar-refractivity contribution is 7.13. The summed E-state index contributed by atoms with van der Waals surface area (Å²) in [6.45, 7) is 4.04. The minimum Gasteiger partial charge on any atom is -0.349 e. The van der Waals surface area contributed by atoms with E-state index >= 15 is 0 Å². The molecule has 0 aliphatic carbocycles. The van der Waals surface area contributed by atoms with Gasteiger partial charge in [-0.25, -0.2) is 4.98 Å². The molecule has 0 atom stereocenters. The Balaban J connectivity index is 1.65. The fraction of sp³-hybridized carbons (Fsp3) is 0.438. The molecule has 3 heterocycles. The first-order chi connectivity index (χ1) is 10.6. The van der Waals surface area contributed by atoms with E-state index in [0.717, 1.165) is 42.2 Å². The van der Waals surface area contributed by atoms with Crippen LogP contribution in [0.25, 0.3) is 10.6 Å². The standard InChI is InChI=1S/C16H20N4OS/c1-11-15(22-10-18-11)14-4-3-12(9-17-14)16(21)19-13-5-7-20(2)8-6-13/h3-4,9-10,13H,5-8H2,1-2H3,(H,19,21). The fourth-order valence-electron chi connectivity index (χ4n) is 2.63. The highest BCUT2D eigenvalue weighted by Crippen LogP contribution is 2.25. The van der Waals surface area contributed by atoms with Crippen molar-refractivity contribution in [1.29, 1.82) is 0 Å². The number of hydrogen-bond donors (Lipinski definition) is 1. The van der Waals surface area contributed by atoms with E-state index in [4.69, 9.17) is 0 Å². The molecule has 5 nitrogen and oxygen atoms in total. The molecule has 6 heteroatoms. The Morgan fingerprint density at radius 3 is 2.68 bits per heavy atom. The Morgan fingerprint density at radius 1 is 1.32 bits per heavy atom. The monoisotopic (exact) mass is 316 g/mol. The Hall–Kier alpha value is -1.79. The average molecular weight is 316 g/mol. The van der Waals surface area contributed by atoms with Crippen molar-refractivity contribution in [3.8, 4) is 10.6 Å². The summed E-state index contributed by atoms with van der Waals surface area (Å²) in [7, 11) is 2.11. The Morgan fingerprint density at radius 2 is 2.09 bits per heavy atom. The number of hydrogen-bond acceptors (Lipinski definition) is 5. The van der Waals surface area contributed by atoms with Gasteiger partial charge in [0.25, 0.3) is 5.91 Å². The molecule has 0 radical (unpaired) electrons. The van der Waals surface area contributed by atoms with Crippen molar-refractivity contribution in [3.63, 3.8) is 0 Å². The summed E-state index contributed by atoms with van der Waals surface area (Å²) in [5, 5.41) is 3.11. The molecule has 1 aliphatic heterocycles. The van der Waals surface area contributed by atoms with Crippen LogP contribution in [-0.4, -0.2) is 47.0 Å². The zero-order chi connectivity index (χ0) is 15.5. The molecule has 2 aromatic heterocycles. The number of amides is 1. The molecule has 0 spiro atoms. The number of likely N-dealkylation sites (tertiary alicyclic amines) is 1. The summed E-state index contributed by atoms with van der Waals surface area (Å²) in [6.07, 6.45) is 3.67. The molecule has 2 aromatic rings. The van der Waals surface area contributed by atoms with Crippen molar-refractivity contribution in [2.45, 2.75) is 25.8 Å². The third-order valence-corrected chi connectivity index (χ3v) is 5.01. The molecule has 0 saturated carbocycles. The number of aromatic nitrogens is 2. The minimum atomic E-state index is -0.0328. The van der Waals surface area contributed by atoms with Crippen LogP contribution in [0.3, 0.4) is 0 Å². The lowest BCUT2D eigenvalue weighted by Gasteiger charge is -2.29. The number of thiazole rings is 1. The van der Waals surface area contributed by atoms with Crippen LogP contribution in [-0.2, 0) is 0 Å². The van der Waals surface area contributed by atoms with Gasteiger partial charge in [-0.2, -0.15) is 0 Å². The highest BCUT2D eigenvalue weighted by atomic mass is 32.1. The van der Waals surface area contributed by atoms with Crippen LogP contribution in [0.1, 0.15) is 28.9 Å². The maximum Gasteiger partial charge on any atom is 0.253 e. The molecule has 0 unspecified atom stereocenters. The summed E-state index contributed by atoms with van der Waals surface area (Å²) in [6, 6.07) is 4.00. The number of piperidine rings is 1. The van der Waals surface area contributed by atoms with Gasteiger partial charge in [0, 0.05) is 12.2 Å². The van der Waals surface area contributed by atoms with Crippen molar-refractivity contribution in [2.24, 2.45) is 0 Å². The maximum absolute atomic E-state index is 12.3. The molecule has 1 fully saturated rings. The van der Waals surface area contributed by atoms with Crippen molar-refractivity contribution >= 4 is 17.2 Å². The van der Waals surface area contributed by atoms with Crippen LogP contribution in [0.5, 0.6) is 0 Å². The lowest BCUT2D eigenvalue weighted by Crippen LogP contribution is -2.43. The van der Waals surface area contributed by atoms with Gasteiger partial charge >= 0.3 is 0 Å². The zero-order valence-electron chi connectivity index (χ0n) is 12.9. The van der Waals surface area contributed by atoms with E-state index in [1.807, 2.05) is 24.6 Å². The largest absolute Gasteiger partial charge is 0.349 e. The van der Waals surface area contributed by atoms with Gasteiger partial charge in [0.15, 0.2) is 0 Å². The van der Waals surface area contributed by atoms with Crippen molar-refractivity contribution in [1.82, 2.24) is 20.2 Å². The zero-order valence-corrected chi connectivity index (χ0v) is 13.7. The minimum absolute atomic E-state index is 0.0328. The maximum atomic E-state index is 12.3. The van der Waals surface area contributed by atoms with Gasteiger partial charge in [-0.15, -0.1) is 11.3 Å². The Bertz CT molecular complexity index is 644. The summed E-state index contributed by atoms with van der Waals surface area (Å²) in [5.41, 5.74) is 4.27. The van der Waals surface area contributed by atoms with Gasteiger partial charge < -0.3 is 10.2 Å². The summed E-state index contributed by atoms with van der Waals surface area (Å²) < 4.78 is 0. The van der Waals surface area contributed by atoms with Gasteiger partial charge in [0.2, 0.25) is 0 Å². The van der Waals surface area contributed by atoms with E-state index < -0.39 is 0 Å². The Labute approximate surface area is 134 Å². The molecule has 1 saturated heterocycles. The van der Waals surface area contributed by atoms with Gasteiger partial charge in [0.1, 0.15) is 0 Å². The topological polar surface area (TPSA) is 58.1 Å². The number of aryl methyl sites for hydroxylation is 1. The van der Waals surface area contributed by atoms with Crippen molar-refractivity contribution < 1.29 is 4.79 Å². The molecular weight excluding hydrogens is 296 g/mol. The quantitative estimate of drug-likeness (QED) is 0.944. The Kier molecular flexibility index (Phi) is 4.49. The first-order valence-corrected chi connectivity index (χ1v) is 8.37. The molecule has 116 valence electrons. The average Bonchev–Trinajstić information content (AvgIpc) is 2.96. The van der Waals surface area contributed by atoms with Gasteiger partial charge in [0.05, 0.1) is 27.3 Å². The van der Waals surface area contributed by atoms with E-state index in [-0.39, 0.29) is 11.9 Å². The number of carbonyl (C=O) groups is 1. The lowest BCUT2D eigenvalue weighted by atomic mass is 10.1. The van der Waals surface area contributed by atoms with E-state index in [0.29, 0.717) is 5.56 Å². The second-order valence-corrected chi connectivity index (χ2v) is 6.60. The molecular formula is C16H20N4OS. The van der Waals surface area contributed by atoms with Crippen LogP contribution in [0.4, 0.5) is 0 Å². The van der Waals surface area contributed by atoms with Crippen LogP contribution in [0.15, 0.2) is 23.8 Å². The molecule has 0 bridgehead atoms. The predicted octanol–water partition coefficient (Wildman–Crippen LogP) is 2.34. The molecule has 22 heavy (non-hydrogen) atoms. The van der Waals surface area contributed by atoms with Crippen LogP contribution in [0.2, 0.25) is 0 Å². The van der Waals surface area contributed by atoms with E-state index in [9.17, 15) is 4.79 Å². The molecule has 3 rings (SSSR count). The van der Waals surface area contributed by atoms with Gasteiger partial charge in [-0.3, -0.25) is 9.78 Å². The van der Waals surface area contributed by atoms with Crippen LogP contribution in [0, 0.1) is 6.92 Å². The molecule has 1 aliphatic rings. The summed E-state index contributed by atoms with van der Waals surface area (Å²) in [4.78, 5) is 24.3. The second-order valence-electron chi connectivity index (χ2n) is 5.75. The highest BCUT2D eigenvalue weighted by Gasteiger charge is 2.19. The van der Waals surface area contributed by atoms with Gasteiger partial charge in [-0.05, 0) is 52.0 Å². The van der Waals surface area contributed by atoms with E-state index in [1.54, 1.807) is 17.5 Å². The summed E-state index contributed by atoms with van der Waals surface area (Å²) in [5.74, 6) is -0.0328. The molecule has 0 aromatic carbocycles.